The fourth-order valence-corrected chi connectivity index (χ4v) is 3.55. The summed E-state index contributed by atoms with van der Waals surface area (Å²) >= 11 is 0. The van der Waals surface area contributed by atoms with Crippen LogP contribution in [-0.2, 0) is 16.4 Å². The minimum Gasteiger partial charge on any atom is -0.384 e. The van der Waals surface area contributed by atoms with E-state index in [-0.39, 0.29) is 0 Å². The van der Waals surface area contributed by atoms with Crippen molar-refractivity contribution < 1.29 is 8.42 Å². The second-order valence-electron chi connectivity index (χ2n) is 5.03. The second-order valence-corrected chi connectivity index (χ2v) is 7.07. The Balaban J connectivity index is 2.15. The molecule has 0 spiro atoms. The lowest BCUT2D eigenvalue weighted by Crippen LogP contribution is -2.28. The first-order valence-electron chi connectivity index (χ1n) is 6.89. The Morgan fingerprint density at radius 2 is 2.11 bits per heavy atom. The third-order valence-corrected chi connectivity index (χ3v) is 5.43. The molecule has 1 aliphatic rings. The number of nitrogens with zero attached hydrogens (tertiary/aromatic N) is 1. The quantitative estimate of drug-likeness (QED) is 0.815. The van der Waals surface area contributed by atoms with E-state index in [9.17, 15) is 8.42 Å². The third kappa shape index (κ3) is 3.09. The van der Waals surface area contributed by atoms with E-state index in [0.717, 1.165) is 37.9 Å². The van der Waals surface area contributed by atoms with Gasteiger partial charge in [-0.15, -0.1) is 0 Å². The van der Waals surface area contributed by atoms with E-state index in [4.69, 9.17) is 0 Å². The summed E-state index contributed by atoms with van der Waals surface area (Å²) in [6.45, 7) is 3.59. The zero-order chi connectivity index (χ0) is 13.9. The van der Waals surface area contributed by atoms with E-state index in [1.807, 2.05) is 6.07 Å². The Morgan fingerprint density at radius 3 is 2.84 bits per heavy atom. The Morgan fingerprint density at radius 1 is 1.32 bits per heavy atom. The summed E-state index contributed by atoms with van der Waals surface area (Å²) in [5.41, 5.74) is 2.16. The maximum Gasteiger partial charge on any atom is 0.242 e. The van der Waals surface area contributed by atoms with Gasteiger partial charge < -0.3 is 5.32 Å². The SMILES string of the molecule is CCCCCN(C)S(=O)(=O)c1ccc2c(c1)NCC2. The molecule has 0 saturated heterocycles. The van der Waals surface area contributed by atoms with Crippen molar-refractivity contribution in [2.75, 3.05) is 25.5 Å². The number of hydrogen-bond donors (Lipinski definition) is 1. The number of hydrogen-bond acceptors (Lipinski definition) is 3. The van der Waals surface area contributed by atoms with Crippen LogP contribution in [0.5, 0.6) is 0 Å². The highest BCUT2D eigenvalue weighted by atomic mass is 32.2. The predicted octanol–water partition coefficient (Wildman–Crippen LogP) is 2.47. The molecule has 106 valence electrons. The van der Waals surface area contributed by atoms with Crippen molar-refractivity contribution in [2.24, 2.45) is 0 Å². The standard InChI is InChI=1S/C14H22N2O2S/c1-3-4-5-10-16(2)19(17,18)13-7-6-12-8-9-15-14(12)11-13/h6-7,11,15H,3-5,8-10H2,1-2H3. The van der Waals surface area contributed by atoms with Crippen molar-refractivity contribution in [2.45, 2.75) is 37.5 Å². The summed E-state index contributed by atoms with van der Waals surface area (Å²) in [6, 6.07) is 5.40. The molecule has 1 aliphatic heterocycles. The van der Waals surface area contributed by atoms with Gasteiger partial charge in [-0.05, 0) is 30.5 Å². The molecule has 0 aromatic heterocycles. The molecule has 1 aromatic carbocycles. The normalized spacial score (nSPS) is 14.5. The highest BCUT2D eigenvalue weighted by molar-refractivity contribution is 7.89. The molecule has 1 aromatic rings. The predicted molar refractivity (Wildman–Crippen MR) is 78.0 cm³/mol. The minimum atomic E-state index is -3.35. The third-order valence-electron chi connectivity index (χ3n) is 3.58. The number of anilines is 1. The van der Waals surface area contributed by atoms with Crippen molar-refractivity contribution in [1.29, 1.82) is 0 Å². The van der Waals surface area contributed by atoms with Crippen LogP contribution in [0.4, 0.5) is 5.69 Å². The maximum atomic E-state index is 12.4. The average molecular weight is 282 g/mol. The molecule has 0 radical (unpaired) electrons. The Hall–Kier alpha value is -1.07. The van der Waals surface area contributed by atoms with Crippen LogP contribution in [0.25, 0.3) is 0 Å². The van der Waals surface area contributed by atoms with Crippen LogP contribution < -0.4 is 5.32 Å². The number of nitrogens with one attached hydrogen (secondary N) is 1. The van der Waals surface area contributed by atoms with Gasteiger partial charge in [0, 0.05) is 25.8 Å². The first-order chi connectivity index (χ1) is 9.05. The van der Waals surface area contributed by atoms with Crippen LogP contribution in [0, 0.1) is 0 Å². The molecule has 0 unspecified atom stereocenters. The first kappa shape index (κ1) is 14.3. The molecule has 0 bridgehead atoms. The van der Waals surface area contributed by atoms with Crippen LogP contribution in [-0.4, -0.2) is 32.9 Å². The van der Waals surface area contributed by atoms with E-state index in [2.05, 4.69) is 12.2 Å². The topological polar surface area (TPSA) is 49.4 Å². The van der Waals surface area contributed by atoms with E-state index >= 15 is 0 Å². The monoisotopic (exact) mass is 282 g/mol. The molecule has 0 atom stereocenters. The van der Waals surface area contributed by atoms with Crippen LogP contribution in [0.3, 0.4) is 0 Å². The largest absolute Gasteiger partial charge is 0.384 e. The Kier molecular flexibility index (Phi) is 4.47. The van der Waals surface area contributed by atoms with Crippen LogP contribution in [0.1, 0.15) is 31.7 Å². The van der Waals surface area contributed by atoms with Crippen LogP contribution >= 0.6 is 0 Å². The maximum absolute atomic E-state index is 12.4. The van der Waals surface area contributed by atoms with Gasteiger partial charge in [0.2, 0.25) is 10.0 Å². The highest BCUT2D eigenvalue weighted by Gasteiger charge is 2.22. The van der Waals surface area contributed by atoms with Gasteiger partial charge in [0.25, 0.3) is 0 Å². The summed E-state index contributed by atoms with van der Waals surface area (Å²) < 4.78 is 26.3. The summed E-state index contributed by atoms with van der Waals surface area (Å²) in [7, 11) is -1.69. The van der Waals surface area contributed by atoms with Crippen molar-refractivity contribution in [3.63, 3.8) is 0 Å². The lowest BCUT2D eigenvalue weighted by molar-refractivity contribution is 0.454. The van der Waals surface area contributed by atoms with Gasteiger partial charge in [0.05, 0.1) is 4.90 Å². The first-order valence-corrected chi connectivity index (χ1v) is 8.33. The number of fused-ring (bicyclic) bond motifs is 1. The molecule has 4 nitrogen and oxygen atoms in total. The Labute approximate surface area is 115 Å². The summed E-state index contributed by atoms with van der Waals surface area (Å²) in [4.78, 5) is 0.389. The second kappa shape index (κ2) is 5.92. The molecule has 5 heteroatoms. The molecule has 0 saturated carbocycles. The molecule has 1 heterocycles. The molecule has 2 rings (SSSR count). The molecule has 0 fully saturated rings. The van der Waals surface area contributed by atoms with Crippen molar-refractivity contribution in [3.8, 4) is 0 Å². The summed E-state index contributed by atoms with van der Waals surface area (Å²) in [5.74, 6) is 0. The fraction of sp³-hybridized carbons (Fsp3) is 0.571. The highest BCUT2D eigenvalue weighted by Crippen LogP contribution is 2.26. The van der Waals surface area contributed by atoms with E-state index in [1.165, 1.54) is 9.87 Å². The minimum absolute atomic E-state index is 0.389. The van der Waals surface area contributed by atoms with Crippen molar-refractivity contribution in [3.05, 3.63) is 23.8 Å². The Bertz CT molecular complexity index is 540. The van der Waals surface area contributed by atoms with Gasteiger partial charge in [-0.2, -0.15) is 0 Å². The van der Waals surface area contributed by atoms with Gasteiger partial charge in [-0.25, -0.2) is 12.7 Å². The molecular weight excluding hydrogens is 260 g/mol. The van der Waals surface area contributed by atoms with E-state index in [1.54, 1.807) is 19.2 Å². The molecule has 1 N–H and O–H groups in total. The van der Waals surface area contributed by atoms with Gasteiger partial charge in [0.15, 0.2) is 0 Å². The zero-order valence-corrected chi connectivity index (χ0v) is 12.5. The lowest BCUT2D eigenvalue weighted by atomic mass is 10.2. The fourth-order valence-electron chi connectivity index (χ4n) is 2.32. The number of benzene rings is 1. The zero-order valence-electron chi connectivity index (χ0n) is 11.6. The summed E-state index contributed by atoms with van der Waals surface area (Å²) in [6.07, 6.45) is 4.04. The molecule has 19 heavy (non-hydrogen) atoms. The average Bonchev–Trinajstić information content (AvgIpc) is 2.85. The molecule has 0 amide bonds. The van der Waals surface area contributed by atoms with Crippen LogP contribution in [0.2, 0.25) is 0 Å². The lowest BCUT2D eigenvalue weighted by Gasteiger charge is -2.17. The molecule has 0 aliphatic carbocycles. The van der Waals surface area contributed by atoms with Crippen LogP contribution in [0.15, 0.2) is 23.1 Å². The molecular formula is C14H22N2O2S. The van der Waals surface area contributed by atoms with E-state index in [0.29, 0.717) is 11.4 Å². The van der Waals surface area contributed by atoms with Crippen molar-refractivity contribution in [1.82, 2.24) is 4.31 Å². The van der Waals surface area contributed by atoms with E-state index < -0.39 is 10.0 Å². The number of unbranched alkanes of at least 4 members (excludes halogenated alkanes) is 2. The smallest absolute Gasteiger partial charge is 0.242 e. The summed E-state index contributed by atoms with van der Waals surface area (Å²) in [5, 5.41) is 3.22. The van der Waals surface area contributed by atoms with Gasteiger partial charge >= 0.3 is 0 Å². The van der Waals surface area contributed by atoms with Crippen molar-refractivity contribution >= 4 is 15.7 Å². The van der Waals surface area contributed by atoms with Gasteiger partial charge in [-0.1, -0.05) is 25.8 Å². The van der Waals surface area contributed by atoms with Gasteiger partial charge in [-0.3, -0.25) is 0 Å². The number of rotatable bonds is 6. The van der Waals surface area contributed by atoms with Gasteiger partial charge in [0.1, 0.15) is 0 Å². The number of sulfonamides is 1.